The van der Waals surface area contributed by atoms with E-state index in [0.29, 0.717) is 17.4 Å². The Morgan fingerprint density at radius 3 is 2.87 bits per heavy atom. The lowest BCUT2D eigenvalue weighted by atomic mass is 10.3. The number of aromatic nitrogens is 2. The number of hydrogen-bond donors (Lipinski definition) is 2. The monoisotopic (exact) mass is 268 g/mol. The molecule has 0 aromatic carbocycles. The molecule has 0 unspecified atom stereocenters. The van der Waals surface area contributed by atoms with Gasteiger partial charge in [-0.1, -0.05) is 0 Å². The van der Waals surface area contributed by atoms with Gasteiger partial charge in [0.2, 0.25) is 0 Å². The summed E-state index contributed by atoms with van der Waals surface area (Å²) in [4.78, 5) is 8.44. The van der Waals surface area contributed by atoms with Crippen molar-refractivity contribution in [3.05, 3.63) is 28.6 Å². The molecule has 0 bridgehead atoms. The molecule has 0 aliphatic carbocycles. The molecular formula is C9H9BrN4O. The molecule has 2 heterocycles. The summed E-state index contributed by atoms with van der Waals surface area (Å²) in [6.07, 6.45) is 1.57. The molecule has 0 saturated heterocycles. The third kappa shape index (κ3) is 2.00. The summed E-state index contributed by atoms with van der Waals surface area (Å²) in [5, 5.41) is 0. The molecule has 0 aliphatic heterocycles. The minimum absolute atomic E-state index is 0.500. The lowest BCUT2D eigenvalue weighted by molar-refractivity contribution is 0.576. The van der Waals surface area contributed by atoms with Gasteiger partial charge < -0.3 is 9.84 Å². The van der Waals surface area contributed by atoms with E-state index in [1.807, 2.05) is 6.92 Å². The molecular weight excluding hydrogens is 260 g/mol. The van der Waals surface area contributed by atoms with E-state index in [2.05, 4.69) is 31.3 Å². The Morgan fingerprint density at radius 2 is 2.27 bits per heavy atom. The molecule has 0 atom stereocenters. The standard InChI is InChI=1S/C9H9BrN4O/c1-5-4-7(14-11)13-9(12-5)8-6(10)2-3-15-8/h2-4H,11H2,1H3,(H,12,13,14). The average molecular weight is 269 g/mol. The van der Waals surface area contributed by atoms with Crippen LogP contribution in [0.3, 0.4) is 0 Å². The second-order valence-corrected chi connectivity index (χ2v) is 3.81. The van der Waals surface area contributed by atoms with Gasteiger partial charge in [0.25, 0.3) is 0 Å². The minimum Gasteiger partial charge on any atom is -0.460 e. The van der Waals surface area contributed by atoms with Crippen LogP contribution in [0.15, 0.2) is 27.3 Å². The summed E-state index contributed by atoms with van der Waals surface area (Å²) in [6.45, 7) is 1.86. The van der Waals surface area contributed by atoms with Crippen molar-refractivity contribution in [1.29, 1.82) is 0 Å². The van der Waals surface area contributed by atoms with Gasteiger partial charge in [0, 0.05) is 11.8 Å². The van der Waals surface area contributed by atoms with Crippen molar-refractivity contribution in [2.75, 3.05) is 5.43 Å². The van der Waals surface area contributed by atoms with Gasteiger partial charge in [-0.2, -0.15) is 0 Å². The molecule has 78 valence electrons. The fourth-order valence-electron chi connectivity index (χ4n) is 1.20. The van der Waals surface area contributed by atoms with E-state index in [1.54, 1.807) is 18.4 Å². The Kier molecular flexibility index (Phi) is 2.70. The van der Waals surface area contributed by atoms with E-state index in [1.165, 1.54) is 0 Å². The maximum Gasteiger partial charge on any atom is 0.199 e. The van der Waals surface area contributed by atoms with Gasteiger partial charge in [-0.3, -0.25) is 0 Å². The van der Waals surface area contributed by atoms with Gasteiger partial charge in [0.1, 0.15) is 5.82 Å². The molecule has 0 amide bonds. The van der Waals surface area contributed by atoms with Crippen LogP contribution in [-0.4, -0.2) is 9.97 Å². The Balaban J connectivity index is 2.53. The Labute approximate surface area is 94.8 Å². The Bertz CT molecular complexity index is 483. The number of nitrogens with two attached hydrogens (primary N) is 1. The first-order valence-electron chi connectivity index (χ1n) is 4.26. The number of nitrogens with zero attached hydrogens (tertiary/aromatic N) is 2. The molecule has 0 spiro atoms. The summed E-state index contributed by atoms with van der Waals surface area (Å²) in [5.41, 5.74) is 3.30. The van der Waals surface area contributed by atoms with Gasteiger partial charge in [0.05, 0.1) is 10.7 Å². The highest BCUT2D eigenvalue weighted by atomic mass is 79.9. The summed E-state index contributed by atoms with van der Waals surface area (Å²) in [7, 11) is 0. The molecule has 0 radical (unpaired) electrons. The zero-order valence-electron chi connectivity index (χ0n) is 7.99. The predicted molar refractivity (Wildman–Crippen MR) is 60.0 cm³/mol. The second kappa shape index (κ2) is 4.00. The van der Waals surface area contributed by atoms with Crippen LogP contribution in [0.5, 0.6) is 0 Å². The van der Waals surface area contributed by atoms with E-state index >= 15 is 0 Å². The van der Waals surface area contributed by atoms with E-state index in [9.17, 15) is 0 Å². The quantitative estimate of drug-likeness (QED) is 0.644. The number of halogens is 1. The van der Waals surface area contributed by atoms with Crippen molar-refractivity contribution in [2.45, 2.75) is 6.92 Å². The molecule has 2 rings (SSSR count). The van der Waals surface area contributed by atoms with Crippen LogP contribution < -0.4 is 11.3 Å². The van der Waals surface area contributed by atoms with Gasteiger partial charge >= 0.3 is 0 Å². The van der Waals surface area contributed by atoms with Crippen LogP contribution in [0.2, 0.25) is 0 Å². The molecule has 15 heavy (non-hydrogen) atoms. The number of aryl methyl sites for hydroxylation is 1. The number of anilines is 1. The maximum atomic E-state index is 5.30. The van der Waals surface area contributed by atoms with Crippen LogP contribution in [0.25, 0.3) is 11.6 Å². The molecule has 2 aromatic rings. The third-order valence-electron chi connectivity index (χ3n) is 1.82. The molecule has 0 saturated carbocycles. The molecule has 5 nitrogen and oxygen atoms in total. The van der Waals surface area contributed by atoms with Crippen molar-refractivity contribution in [3.63, 3.8) is 0 Å². The maximum absolute atomic E-state index is 5.30. The van der Waals surface area contributed by atoms with Crippen molar-refractivity contribution in [2.24, 2.45) is 5.84 Å². The number of rotatable bonds is 2. The fourth-order valence-corrected chi connectivity index (χ4v) is 1.58. The molecule has 6 heteroatoms. The fraction of sp³-hybridized carbons (Fsp3) is 0.111. The zero-order valence-corrected chi connectivity index (χ0v) is 9.58. The summed E-state index contributed by atoms with van der Waals surface area (Å²) >= 11 is 3.35. The van der Waals surface area contributed by atoms with Crippen molar-refractivity contribution < 1.29 is 4.42 Å². The summed E-state index contributed by atoms with van der Waals surface area (Å²) < 4.78 is 6.08. The van der Waals surface area contributed by atoms with Gasteiger partial charge in [-0.15, -0.1) is 0 Å². The predicted octanol–water partition coefficient (Wildman–Crippen LogP) is 2.09. The first-order chi connectivity index (χ1) is 7.20. The summed E-state index contributed by atoms with van der Waals surface area (Å²) in [5.74, 6) is 6.95. The van der Waals surface area contributed by atoms with Crippen LogP contribution >= 0.6 is 15.9 Å². The lowest BCUT2D eigenvalue weighted by Crippen LogP contribution is -2.09. The SMILES string of the molecule is Cc1cc(NN)nc(-c2occc2Br)n1. The highest BCUT2D eigenvalue weighted by Crippen LogP contribution is 2.27. The molecule has 2 aromatic heterocycles. The number of nitrogens with one attached hydrogen (secondary N) is 1. The van der Waals surface area contributed by atoms with Crippen molar-refractivity contribution >= 4 is 21.7 Å². The first-order valence-corrected chi connectivity index (χ1v) is 5.05. The Hall–Kier alpha value is -1.40. The van der Waals surface area contributed by atoms with Crippen LogP contribution in [0.4, 0.5) is 5.82 Å². The first kappa shape index (κ1) is 10.1. The largest absolute Gasteiger partial charge is 0.460 e. The number of furan rings is 1. The van der Waals surface area contributed by atoms with Crippen LogP contribution in [0, 0.1) is 6.92 Å². The number of nitrogen functional groups attached to an aromatic ring is 1. The zero-order chi connectivity index (χ0) is 10.8. The number of hydrogen-bond acceptors (Lipinski definition) is 5. The molecule has 0 aliphatic rings. The smallest absolute Gasteiger partial charge is 0.199 e. The highest BCUT2D eigenvalue weighted by Gasteiger charge is 2.11. The van der Waals surface area contributed by atoms with E-state index < -0.39 is 0 Å². The molecule has 3 N–H and O–H groups in total. The minimum atomic E-state index is 0.500. The number of hydrazine groups is 1. The van der Waals surface area contributed by atoms with Gasteiger partial charge in [0.15, 0.2) is 11.6 Å². The highest BCUT2D eigenvalue weighted by molar-refractivity contribution is 9.10. The van der Waals surface area contributed by atoms with E-state index in [0.717, 1.165) is 10.2 Å². The second-order valence-electron chi connectivity index (χ2n) is 2.96. The van der Waals surface area contributed by atoms with Crippen molar-refractivity contribution in [1.82, 2.24) is 9.97 Å². The Morgan fingerprint density at radius 1 is 1.47 bits per heavy atom. The van der Waals surface area contributed by atoms with E-state index in [4.69, 9.17) is 10.3 Å². The lowest BCUT2D eigenvalue weighted by Gasteiger charge is -2.03. The third-order valence-corrected chi connectivity index (χ3v) is 2.45. The van der Waals surface area contributed by atoms with Gasteiger partial charge in [-0.05, 0) is 28.9 Å². The van der Waals surface area contributed by atoms with Crippen molar-refractivity contribution in [3.8, 4) is 11.6 Å². The topological polar surface area (TPSA) is 77.0 Å². The normalized spacial score (nSPS) is 10.3. The van der Waals surface area contributed by atoms with Gasteiger partial charge in [-0.25, -0.2) is 15.8 Å². The van der Waals surface area contributed by atoms with Crippen LogP contribution in [-0.2, 0) is 0 Å². The van der Waals surface area contributed by atoms with Crippen LogP contribution in [0.1, 0.15) is 5.69 Å². The summed E-state index contributed by atoms with van der Waals surface area (Å²) in [6, 6.07) is 3.54. The average Bonchev–Trinajstić information content (AvgIpc) is 2.63. The van der Waals surface area contributed by atoms with E-state index in [-0.39, 0.29) is 0 Å². The molecule has 0 fully saturated rings.